The molecular formula is C22H27ClN2O5. The molecular weight excluding hydrogens is 408 g/mol. The van der Waals surface area contributed by atoms with Gasteiger partial charge in [0.15, 0.2) is 11.5 Å². The van der Waals surface area contributed by atoms with Crippen LogP contribution in [0.4, 0.5) is 0 Å². The number of nitrogens with zero attached hydrogens (tertiary/aromatic N) is 2. The Labute approximate surface area is 182 Å². The summed E-state index contributed by atoms with van der Waals surface area (Å²) in [6, 6.07) is 8.94. The number of carbonyl (C=O) groups excluding carboxylic acids is 1. The van der Waals surface area contributed by atoms with Crippen molar-refractivity contribution >= 4 is 17.5 Å². The van der Waals surface area contributed by atoms with Crippen molar-refractivity contribution in [2.45, 2.75) is 6.54 Å². The lowest BCUT2D eigenvalue weighted by atomic mass is 10.1. The molecule has 30 heavy (non-hydrogen) atoms. The van der Waals surface area contributed by atoms with E-state index in [1.54, 1.807) is 39.5 Å². The van der Waals surface area contributed by atoms with Crippen molar-refractivity contribution in [1.82, 2.24) is 9.80 Å². The monoisotopic (exact) mass is 434 g/mol. The van der Waals surface area contributed by atoms with Crippen LogP contribution >= 0.6 is 11.6 Å². The van der Waals surface area contributed by atoms with E-state index in [-0.39, 0.29) is 5.91 Å². The molecule has 0 radical (unpaired) electrons. The average molecular weight is 435 g/mol. The highest BCUT2D eigenvalue weighted by molar-refractivity contribution is 6.30. The van der Waals surface area contributed by atoms with E-state index in [0.717, 1.165) is 18.7 Å². The van der Waals surface area contributed by atoms with Gasteiger partial charge in [0.25, 0.3) is 5.91 Å². The predicted molar refractivity (Wildman–Crippen MR) is 115 cm³/mol. The van der Waals surface area contributed by atoms with Gasteiger partial charge in [-0.2, -0.15) is 0 Å². The maximum Gasteiger partial charge on any atom is 0.257 e. The Morgan fingerprint density at radius 1 is 0.867 bits per heavy atom. The lowest BCUT2D eigenvalue weighted by Gasteiger charge is -2.35. The quantitative estimate of drug-likeness (QED) is 0.666. The maximum atomic E-state index is 12.9. The largest absolute Gasteiger partial charge is 0.496 e. The summed E-state index contributed by atoms with van der Waals surface area (Å²) in [6.07, 6.45) is 0. The second kappa shape index (κ2) is 9.91. The van der Waals surface area contributed by atoms with Crippen LogP contribution in [0.1, 0.15) is 15.9 Å². The van der Waals surface area contributed by atoms with Gasteiger partial charge < -0.3 is 23.8 Å². The molecule has 0 bridgehead atoms. The standard InChI is InChI=1S/C22H27ClN2O5/c1-27-18-8-5-15(20(29-3)21(18)30-4)14-24-9-11-25(12-10-24)22(26)17-7-6-16(23)13-19(17)28-2/h5-8,13H,9-12,14H2,1-4H3. The molecule has 162 valence electrons. The van der Waals surface area contributed by atoms with Gasteiger partial charge in [0.1, 0.15) is 5.75 Å². The van der Waals surface area contributed by atoms with E-state index < -0.39 is 0 Å². The molecule has 1 aliphatic rings. The van der Waals surface area contributed by atoms with Gasteiger partial charge in [-0.1, -0.05) is 17.7 Å². The fourth-order valence-electron chi connectivity index (χ4n) is 3.65. The summed E-state index contributed by atoms with van der Waals surface area (Å²) in [5, 5.41) is 0.539. The molecule has 0 spiro atoms. The first-order chi connectivity index (χ1) is 14.5. The lowest BCUT2D eigenvalue weighted by Crippen LogP contribution is -2.48. The first kappa shape index (κ1) is 22.1. The molecule has 1 aliphatic heterocycles. The Morgan fingerprint density at radius 2 is 1.53 bits per heavy atom. The molecule has 8 heteroatoms. The van der Waals surface area contributed by atoms with Crippen LogP contribution in [0.25, 0.3) is 0 Å². The van der Waals surface area contributed by atoms with Gasteiger partial charge in [-0.05, 0) is 24.3 Å². The van der Waals surface area contributed by atoms with Crippen LogP contribution in [-0.4, -0.2) is 70.3 Å². The van der Waals surface area contributed by atoms with E-state index in [2.05, 4.69) is 4.90 Å². The summed E-state index contributed by atoms with van der Waals surface area (Å²) in [5.41, 5.74) is 1.53. The summed E-state index contributed by atoms with van der Waals surface area (Å²) < 4.78 is 21.7. The first-order valence-electron chi connectivity index (χ1n) is 9.65. The van der Waals surface area contributed by atoms with Gasteiger partial charge in [-0.25, -0.2) is 0 Å². The zero-order valence-electron chi connectivity index (χ0n) is 17.7. The van der Waals surface area contributed by atoms with E-state index >= 15 is 0 Å². The van der Waals surface area contributed by atoms with Crippen molar-refractivity contribution in [3.63, 3.8) is 0 Å². The summed E-state index contributed by atoms with van der Waals surface area (Å²) in [5.74, 6) is 2.32. The normalized spacial score (nSPS) is 14.4. The van der Waals surface area contributed by atoms with Crippen LogP contribution in [0.15, 0.2) is 30.3 Å². The number of ether oxygens (including phenoxy) is 4. The number of carbonyl (C=O) groups is 1. The Kier molecular flexibility index (Phi) is 7.29. The highest BCUT2D eigenvalue weighted by Gasteiger charge is 2.25. The van der Waals surface area contributed by atoms with Crippen LogP contribution < -0.4 is 18.9 Å². The maximum absolute atomic E-state index is 12.9. The van der Waals surface area contributed by atoms with Crippen LogP contribution in [0.3, 0.4) is 0 Å². The zero-order valence-corrected chi connectivity index (χ0v) is 18.5. The number of rotatable bonds is 7. The van der Waals surface area contributed by atoms with Crippen molar-refractivity contribution < 1.29 is 23.7 Å². The average Bonchev–Trinajstić information content (AvgIpc) is 2.78. The molecule has 0 saturated carbocycles. The van der Waals surface area contributed by atoms with Crippen molar-refractivity contribution in [3.8, 4) is 23.0 Å². The molecule has 1 heterocycles. The molecule has 1 fully saturated rings. The van der Waals surface area contributed by atoms with Crippen molar-refractivity contribution in [3.05, 3.63) is 46.5 Å². The molecule has 1 amide bonds. The van der Waals surface area contributed by atoms with E-state index in [0.29, 0.717) is 53.2 Å². The van der Waals surface area contributed by atoms with Crippen LogP contribution in [0, 0.1) is 0 Å². The van der Waals surface area contributed by atoms with Crippen molar-refractivity contribution in [2.75, 3.05) is 54.6 Å². The topological polar surface area (TPSA) is 60.5 Å². The second-order valence-corrected chi connectivity index (χ2v) is 7.34. The minimum atomic E-state index is -0.0492. The molecule has 1 saturated heterocycles. The first-order valence-corrected chi connectivity index (χ1v) is 10.0. The van der Waals surface area contributed by atoms with E-state index in [1.807, 2.05) is 17.0 Å². The number of piperazine rings is 1. The van der Waals surface area contributed by atoms with Crippen LogP contribution in [0.5, 0.6) is 23.0 Å². The lowest BCUT2D eigenvalue weighted by molar-refractivity contribution is 0.0624. The third kappa shape index (κ3) is 4.57. The van der Waals surface area contributed by atoms with Gasteiger partial charge in [0, 0.05) is 43.3 Å². The summed E-state index contributed by atoms with van der Waals surface area (Å²) >= 11 is 6.01. The predicted octanol–water partition coefficient (Wildman–Crippen LogP) is 3.33. The number of halogens is 1. The number of benzene rings is 2. The van der Waals surface area contributed by atoms with E-state index in [9.17, 15) is 4.79 Å². The Bertz CT molecular complexity index is 897. The molecule has 0 aliphatic carbocycles. The Balaban J connectivity index is 1.67. The third-order valence-corrected chi connectivity index (χ3v) is 5.47. The van der Waals surface area contributed by atoms with Gasteiger partial charge in [0.2, 0.25) is 5.75 Å². The molecule has 3 rings (SSSR count). The van der Waals surface area contributed by atoms with Gasteiger partial charge in [-0.15, -0.1) is 0 Å². The molecule has 0 unspecified atom stereocenters. The summed E-state index contributed by atoms with van der Waals surface area (Å²) in [7, 11) is 6.36. The van der Waals surface area contributed by atoms with Gasteiger partial charge >= 0.3 is 0 Å². The molecule has 2 aromatic rings. The van der Waals surface area contributed by atoms with Crippen molar-refractivity contribution in [2.24, 2.45) is 0 Å². The Morgan fingerprint density at radius 3 is 2.13 bits per heavy atom. The number of methoxy groups -OCH3 is 4. The number of hydrogen-bond donors (Lipinski definition) is 0. The summed E-state index contributed by atoms with van der Waals surface area (Å²) in [6.45, 7) is 3.44. The minimum Gasteiger partial charge on any atom is -0.496 e. The van der Waals surface area contributed by atoms with E-state index in [1.165, 1.54) is 7.11 Å². The summed E-state index contributed by atoms with van der Waals surface area (Å²) in [4.78, 5) is 17.1. The fraction of sp³-hybridized carbons (Fsp3) is 0.409. The molecule has 2 aromatic carbocycles. The second-order valence-electron chi connectivity index (χ2n) is 6.91. The number of hydrogen-bond acceptors (Lipinski definition) is 6. The van der Waals surface area contributed by atoms with Crippen molar-refractivity contribution in [1.29, 1.82) is 0 Å². The molecule has 0 aromatic heterocycles. The van der Waals surface area contributed by atoms with Crippen LogP contribution in [0.2, 0.25) is 5.02 Å². The minimum absolute atomic E-state index is 0.0492. The Hall–Kier alpha value is -2.64. The SMILES string of the molecule is COc1cc(Cl)ccc1C(=O)N1CCN(Cc2ccc(OC)c(OC)c2OC)CC1. The molecule has 7 nitrogen and oxygen atoms in total. The third-order valence-electron chi connectivity index (χ3n) is 5.23. The highest BCUT2D eigenvalue weighted by atomic mass is 35.5. The van der Waals surface area contributed by atoms with E-state index in [4.69, 9.17) is 30.5 Å². The molecule has 0 N–H and O–H groups in total. The molecule has 0 atom stereocenters. The zero-order chi connectivity index (χ0) is 21.7. The smallest absolute Gasteiger partial charge is 0.257 e. The highest BCUT2D eigenvalue weighted by Crippen LogP contribution is 2.40. The van der Waals surface area contributed by atoms with Gasteiger partial charge in [-0.3, -0.25) is 9.69 Å². The fourth-order valence-corrected chi connectivity index (χ4v) is 3.81. The van der Waals surface area contributed by atoms with Gasteiger partial charge in [0.05, 0.1) is 34.0 Å². The number of amides is 1. The van der Waals surface area contributed by atoms with Crippen LogP contribution in [-0.2, 0) is 6.54 Å².